The van der Waals surface area contributed by atoms with Gasteiger partial charge in [-0.25, -0.2) is 4.98 Å². The van der Waals surface area contributed by atoms with Crippen LogP contribution in [0, 0.1) is 6.92 Å². The average molecular weight is 384 g/mol. The van der Waals surface area contributed by atoms with Crippen LogP contribution in [0.2, 0.25) is 5.02 Å². The number of hydrogen-bond acceptors (Lipinski definition) is 1. The van der Waals surface area contributed by atoms with Gasteiger partial charge in [0, 0.05) is 21.8 Å². The molecular formula is C16H13BrCl2N2. The van der Waals surface area contributed by atoms with Crippen LogP contribution in [0.25, 0.3) is 16.7 Å². The maximum absolute atomic E-state index is 6.05. The maximum atomic E-state index is 6.05. The standard InChI is InChI=1S/C16H13BrCl2N2/c1-10-3-2-4-14-16(10)20-15(7-8-18)21(14)13-6-5-11(19)9-12(13)17/h2-6,9H,7-8H2,1H3. The molecule has 108 valence electrons. The predicted octanol–water partition coefficient (Wildman–Crippen LogP) is 5.53. The van der Waals surface area contributed by atoms with Crippen LogP contribution in [0.15, 0.2) is 40.9 Å². The molecular weight excluding hydrogens is 371 g/mol. The van der Waals surface area contributed by atoms with Gasteiger partial charge in [0.05, 0.1) is 16.7 Å². The van der Waals surface area contributed by atoms with E-state index in [2.05, 4.69) is 39.6 Å². The lowest BCUT2D eigenvalue weighted by atomic mass is 10.2. The third-order valence-corrected chi connectivity index (χ3v) is 4.48. The Kier molecular flexibility index (Phi) is 4.25. The van der Waals surface area contributed by atoms with E-state index in [1.54, 1.807) is 0 Å². The fourth-order valence-corrected chi connectivity index (χ4v) is 3.50. The molecule has 1 heterocycles. The second-order valence-electron chi connectivity index (χ2n) is 4.84. The molecule has 0 spiro atoms. The Morgan fingerprint density at radius 3 is 2.76 bits per heavy atom. The Morgan fingerprint density at radius 2 is 2.05 bits per heavy atom. The summed E-state index contributed by atoms with van der Waals surface area (Å²) in [7, 11) is 0. The molecule has 0 aliphatic rings. The summed E-state index contributed by atoms with van der Waals surface area (Å²) < 4.78 is 3.08. The van der Waals surface area contributed by atoms with Gasteiger partial charge in [-0.15, -0.1) is 11.6 Å². The highest BCUT2D eigenvalue weighted by atomic mass is 79.9. The predicted molar refractivity (Wildman–Crippen MR) is 92.9 cm³/mol. The summed E-state index contributed by atoms with van der Waals surface area (Å²) in [6, 6.07) is 12.0. The first-order valence-electron chi connectivity index (χ1n) is 6.60. The number of benzene rings is 2. The first kappa shape index (κ1) is 14.9. The first-order chi connectivity index (χ1) is 10.1. The van der Waals surface area contributed by atoms with Crippen molar-refractivity contribution in [2.45, 2.75) is 13.3 Å². The molecule has 0 bridgehead atoms. The Labute approximate surface area is 141 Å². The summed E-state index contributed by atoms with van der Waals surface area (Å²) in [6.45, 7) is 2.07. The van der Waals surface area contributed by atoms with E-state index in [0.717, 1.165) is 32.6 Å². The van der Waals surface area contributed by atoms with Crippen LogP contribution in [-0.2, 0) is 6.42 Å². The fraction of sp³-hybridized carbons (Fsp3) is 0.188. The lowest BCUT2D eigenvalue weighted by Gasteiger charge is -2.11. The zero-order valence-electron chi connectivity index (χ0n) is 11.4. The summed E-state index contributed by atoms with van der Waals surface area (Å²) >= 11 is 15.6. The van der Waals surface area contributed by atoms with Crippen molar-refractivity contribution in [3.63, 3.8) is 0 Å². The number of alkyl halides is 1. The van der Waals surface area contributed by atoms with Gasteiger partial charge in [-0.05, 0) is 52.7 Å². The number of rotatable bonds is 3. The van der Waals surface area contributed by atoms with Crippen LogP contribution in [-0.4, -0.2) is 15.4 Å². The topological polar surface area (TPSA) is 17.8 Å². The largest absolute Gasteiger partial charge is 0.295 e. The van der Waals surface area contributed by atoms with Crippen LogP contribution in [0.5, 0.6) is 0 Å². The normalized spacial score (nSPS) is 11.2. The molecule has 0 unspecified atom stereocenters. The summed E-state index contributed by atoms with van der Waals surface area (Å²) in [5.74, 6) is 1.49. The number of aryl methyl sites for hydroxylation is 2. The molecule has 0 atom stereocenters. The SMILES string of the molecule is Cc1cccc2c1nc(CCCl)n2-c1ccc(Cl)cc1Br. The smallest absolute Gasteiger partial charge is 0.115 e. The minimum absolute atomic E-state index is 0.535. The third-order valence-electron chi connectivity index (χ3n) is 3.43. The van der Waals surface area contributed by atoms with E-state index >= 15 is 0 Å². The fourth-order valence-electron chi connectivity index (χ4n) is 2.47. The summed E-state index contributed by atoms with van der Waals surface area (Å²) in [5, 5.41) is 0.699. The number of aromatic nitrogens is 2. The molecule has 0 fully saturated rings. The number of imidazole rings is 1. The lowest BCUT2D eigenvalue weighted by molar-refractivity contribution is 0.909. The highest BCUT2D eigenvalue weighted by Crippen LogP contribution is 2.30. The Bertz CT molecular complexity index is 811. The maximum Gasteiger partial charge on any atom is 0.115 e. The zero-order valence-corrected chi connectivity index (χ0v) is 14.5. The van der Waals surface area contributed by atoms with E-state index < -0.39 is 0 Å². The molecule has 1 aromatic heterocycles. The summed E-state index contributed by atoms with van der Waals surface area (Å²) in [6.07, 6.45) is 0.713. The van der Waals surface area contributed by atoms with Crippen molar-refractivity contribution in [3.05, 3.63) is 57.3 Å². The molecule has 0 aliphatic heterocycles. The van der Waals surface area contributed by atoms with Gasteiger partial charge in [-0.2, -0.15) is 0 Å². The molecule has 2 nitrogen and oxygen atoms in total. The highest BCUT2D eigenvalue weighted by molar-refractivity contribution is 9.10. The lowest BCUT2D eigenvalue weighted by Crippen LogP contribution is -2.03. The van der Waals surface area contributed by atoms with Crippen molar-refractivity contribution in [1.82, 2.24) is 9.55 Å². The minimum Gasteiger partial charge on any atom is -0.295 e. The van der Waals surface area contributed by atoms with Crippen LogP contribution in [0.4, 0.5) is 0 Å². The Hall–Kier alpha value is -1.03. The van der Waals surface area contributed by atoms with Crippen LogP contribution >= 0.6 is 39.1 Å². The second kappa shape index (κ2) is 5.99. The van der Waals surface area contributed by atoms with E-state index in [1.807, 2.05) is 24.3 Å². The van der Waals surface area contributed by atoms with Gasteiger partial charge in [0.15, 0.2) is 0 Å². The van der Waals surface area contributed by atoms with Gasteiger partial charge in [0.1, 0.15) is 5.82 Å². The van der Waals surface area contributed by atoms with Crippen LogP contribution < -0.4 is 0 Å². The molecule has 3 rings (SSSR count). The van der Waals surface area contributed by atoms with Gasteiger partial charge in [-0.1, -0.05) is 23.7 Å². The van der Waals surface area contributed by atoms with Crippen molar-refractivity contribution in [3.8, 4) is 5.69 Å². The van der Waals surface area contributed by atoms with E-state index in [9.17, 15) is 0 Å². The Morgan fingerprint density at radius 1 is 1.24 bits per heavy atom. The molecule has 0 aliphatic carbocycles. The van der Waals surface area contributed by atoms with Crippen molar-refractivity contribution < 1.29 is 0 Å². The molecule has 0 amide bonds. The first-order valence-corrected chi connectivity index (χ1v) is 8.30. The van der Waals surface area contributed by atoms with Gasteiger partial charge in [-0.3, -0.25) is 4.57 Å². The van der Waals surface area contributed by atoms with E-state index in [-0.39, 0.29) is 0 Å². The quantitative estimate of drug-likeness (QED) is 0.543. The van der Waals surface area contributed by atoms with E-state index in [4.69, 9.17) is 28.2 Å². The van der Waals surface area contributed by atoms with Crippen LogP contribution in [0.1, 0.15) is 11.4 Å². The molecule has 0 saturated carbocycles. The number of para-hydroxylation sites is 1. The minimum atomic E-state index is 0.535. The number of fused-ring (bicyclic) bond motifs is 1. The molecule has 3 aromatic rings. The van der Waals surface area contributed by atoms with Gasteiger partial charge >= 0.3 is 0 Å². The Balaban J connectivity index is 2.33. The molecule has 5 heteroatoms. The molecule has 0 saturated heterocycles. The van der Waals surface area contributed by atoms with Gasteiger partial charge in [0.25, 0.3) is 0 Å². The van der Waals surface area contributed by atoms with Crippen molar-refractivity contribution in [2.75, 3.05) is 5.88 Å². The highest BCUT2D eigenvalue weighted by Gasteiger charge is 2.15. The zero-order chi connectivity index (χ0) is 15.0. The second-order valence-corrected chi connectivity index (χ2v) is 6.51. The third kappa shape index (κ3) is 2.70. The van der Waals surface area contributed by atoms with Crippen LogP contribution in [0.3, 0.4) is 0 Å². The number of halogens is 3. The molecule has 21 heavy (non-hydrogen) atoms. The average Bonchev–Trinajstić information content (AvgIpc) is 2.79. The van der Waals surface area contributed by atoms with Crippen molar-refractivity contribution in [2.24, 2.45) is 0 Å². The van der Waals surface area contributed by atoms with Gasteiger partial charge < -0.3 is 0 Å². The molecule has 2 aromatic carbocycles. The van der Waals surface area contributed by atoms with E-state index in [0.29, 0.717) is 17.3 Å². The summed E-state index contributed by atoms with van der Waals surface area (Å²) in [4.78, 5) is 4.77. The molecule has 0 radical (unpaired) electrons. The monoisotopic (exact) mass is 382 g/mol. The van der Waals surface area contributed by atoms with Gasteiger partial charge in [0.2, 0.25) is 0 Å². The number of hydrogen-bond donors (Lipinski definition) is 0. The number of nitrogens with zero attached hydrogens (tertiary/aromatic N) is 2. The van der Waals surface area contributed by atoms with Crippen molar-refractivity contribution in [1.29, 1.82) is 0 Å². The molecule has 0 N–H and O–H groups in total. The van der Waals surface area contributed by atoms with E-state index in [1.165, 1.54) is 0 Å². The van der Waals surface area contributed by atoms with Crippen molar-refractivity contribution >= 4 is 50.2 Å². The summed E-state index contributed by atoms with van der Waals surface area (Å²) in [5.41, 5.74) is 4.28.